The molecule has 0 spiro atoms. The molecule has 1 aromatic rings. The molecule has 5 heteroatoms. The molecule has 1 heterocycles. The van der Waals surface area contributed by atoms with E-state index in [0.717, 1.165) is 13.1 Å². The number of methoxy groups -OCH3 is 2. The average molecular weight is 250 g/mol. The topological polar surface area (TPSA) is 50.8 Å². The van der Waals surface area contributed by atoms with Crippen LogP contribution >= 0.6 is 0 Å². The van der Waals surface area contributed by atoms with E-state index in [9.17, 15) is 4.79 Å². The normalized spacial score (nSPS) is 14.8. The molecule has 0 atom stereocenters. The molecule has 2 rings (SSSR count). The van der Waals surface area contributed by atoms with Crippen molar-refractivity contribution in [3.63, 3.8) is 0 Å². The molecule has 0 aromatic heterocycles. The van der Waals surface area contributed by atoms with Gasteiger partial charge < -0.3 is 19.7 Å². The van der Waals surface area contributed by atoms with Gasteiger partial charge in [0.1, 0.15) is 0 Å². The summed E-state index contributed by atoms with van der Waals surface area (Å²) in [5, 5.41) is 3.15. The number of benzene rings is 1. The van der Waals surface area contributed by atoms with E-state index in [1.807, 2.05) is 7.05 Å². The van der Waals surface area contributed by atoms with Gasteiger partial charge in [0.2, 0.25) is 0 Å². The summed E-state index contributed by atoms with van der Waals surface area (Å²) in [4.78, 5) is 14.0. The molecular formula is C13H18N2O3. The Morgan fingerprint density at radius 2 is 1.94 bits per heavy atom. The summed E-state index contributed by atoms with van der Waals surface area (Å²) in [6, 6.07) is 5.50. The molecule has 1 amide bonds. The third-order valence-electron chi connectivity index (χ3n) is 3.26. The lowest BCUT2D eigenvalue weighted by Gasteiger charge is -2.35. The Labute approximate surface area is 107 Å². The smallest absolute Gasteiger partial charge is 0.254 e. The van der Waals surface area contributed by atoms with Gasteiger partial charge in [0, 0.05) is 25.7 Å². The summed E-state index contributed by atoms with van der Waals surface area (Å²) in [6.07, 6.45) is 0. The van der Waals surface area contributed by atoms with Crippen LogP contribution in [0, 0.1) is 0 Å². The van der Waals surface area contributed by atoms with Crippen molar-refractivity contribution in [1.29, 1.82) is 0 Å². The second-order valence-corrected chi connectivity index (χ2v) is 4.30. The summed E-state index contributed by atoms with van der Waals surface area (Å²) in [5.41, 5.74) is 0.613. The standard InChI is InChI=1S/C13H18N2O3/c1-15(10-7-14-8-10)13(16)9-4-5-11(17-2)12(6-9)18-3/h4-6,10,14H,7-8H2,1-3H3. The molecule has 5 nitrogen and oxygen atoms in total. The molecule has 0 bridgehead atoms. The van der Waals surface area contributed by atoms with Crippen LogP contribution in [0.25, 0.3) is 0 Å². The maximum atomic E-state index is 12.2. The third-order valence-corrected chi connectivity index (χ3v) is 3.26. The van der Waals surface area contributed by atoms with Gasteiger partial charge in [-0.2, -0.15) is 0 Å². The lowest BCUT2D eigenvalue weighted by atomic mass is 10.1. The minimum absolute atomic E-state index is 0.00227. The number of ether oxygens (including phenoxy) is 2. The molecule has 1 saturated heterocycles. The van der Waals surface area contributed by atoms with E-state index < -0.39 is 0 Å². The zero-order chi connectivity index (χ0) is 13.1. The Bertz CT molecular complexity index is 444. The molecule has 1 aliphatic heterocycles. The van der Waals surface area contributed by atoms with E-state index in [-0.39, 0.29) is 11.9 Å². The van der Waals surface area contributed by atoms with Gasteiger partial charge in [0.15, 0.2) is 11.5 Å². The summed E-state index contributed by atoms with van der Waals surface area (Å²) >= 11 is 0. The summed E-state index contributed by atoms with van der Waals surface area (Å²) in [6.45, 7) is 1.71. The van der Waals surface area contributed by atoms with Gasteiger partial charge in [0.25, 0.3) is 5.91 Å². The van der Waals surface area contributed by atoms with Crippen molar-refractivity contribution in [2.75, 3.05) is 34.4 Å². The predicted octanol–water partition coefficient (Wildman–Crippen LogP) is 0.748. The summed E-state index contributed by atoms with van der Waals surface area (Å²) in [7, 11) is 4.96. The van der Waals surface area contributed by atoms with Gasteiger partial charge in [-0.15, -0.1) is 0 Å². The number of hydrogen-bond acceptors (Lipinski definition) is 4. The quantitative estimate of drug-likeness (QED) is 0.856. The molecule has 1 aromatic carbocycles. The number of nitrogens with one attached hydrogen (secondary N) is 1. The van der Waals surface area contributed by atoms with Crippen molar-refractivity contribution in [1.82, 2.24) is 10.2 Å². The highest BCUT2D eigenvalue weighted by atomic mass is 16.5. The number of nitrogens with zero attached hydrogens (tertiary/aromatic N) is 1. The van der Waals surface area contributed by atoms with Crippen molar-refractivity contribution in [3.8, 4) is 11.5 Å². The van der Waals surface area contributed by atoms with Crippen molar-refractivity contribution in [3.05, 3.63) is 23.8 Å². The van der Waals surface area contributed by atoms with E-state index in [1.54, 1.807) is 37.3 Å². The van der Waals surface area contributed by atoms with Crippen LogP contribution in [-0.4, -0.2) is 51.2 Å². The fourth-order valence-corrected chi connectivity index (χ4v) is 1.89. The number of amides is 1. The molecule has 0 unspecified atom stereocenters. The Balaban J connectivity index is 2.19. The molecule has 0 aliphatic carbocycles. The van der Waals surface area contributed by atoms with E-state index in [4.69, 9.17) is 9.47 Å². The van der Waals surface area contributed by atoms with Gasteiger partial charge in [-0.3, -0.25) is 4.79 Å². The van der Waals surface area contributed by atoms with E-state index in [0.29, 0.717) is 17.1 Å². The van der Waals surface area contributed by atoms with Crippen LogP contribution in [0.3, 0.4) is 0 Å². The maximum Gasteiger partial charge on any atom is 0.254 e. The highest BCUT2D eigenvalue weighted by Gasteiger charge is 2.26. The Morgan fingerprint density at radius 1 is 1.28 bits per heavy atom. The van der Waals surface area contributed by atoms with Crippen LogP contribution in [0.1, 0.15) is 10.4 Å². The van der Waals surface area contributed by atoms with Gasteiger partial charge in [-0.05, 0) is 18.2 Å². The van der Waals surface area contributed by atoms with Crippen molar-refractivity contribution < 1.29 is 14.3 Å². The number of rotatable bonds is 4. The molecule has 18 heavy (non-hydrogen) atoms. The first-order valence-electron chi connectivity index (χ1n) is 5.87. The zero-order valence-electron chi connectivity index (χ0n) is 10.9. The maximum absolute atomic E-state index is 12.2. The second-order valence-electron chi connectivity index (χ2n) is 4.30. The molecule has 1 fully saturated rings. The summed E-state index contributed by atoms with van der Waals surface area (Å²) < 4.78 is 10.4. The zero-order valence-corrected chi connectivity index (χ0v) is 10.9. The fraction of sp³-hybridized carbons (Fsp3) is 0.462. The van der Waals surface area contributed by atoms with E-state index in [1.165, 1.54) is 0 Å². The molecule has 1 N–H and O–H groups in total. The van der Waals surface area contributed by atoms with Crippen LogP contribution in [0.2, 0.25) is 0 Å². The molecular weight excluding hydrogens is 232 g/mol. The lowest BCUT2D eigenvalue weighted by Crippen LogP contribution is -2.57. The van der Waals surface area contributed by atoms with Crippen molar-refractivity contribution in [2.24, 2.45) is 0 Å². The Kier molecular flexibility index (Phi) is 3.72. The fourth-order valence-electron chi connectivity index (χ4n) is 1.89. The minimum Gasteiger partial charge on any atom is -0.493 e. The van der Waals surface area contributed by atoms with Crippen LogP contribution in [0.5, 0.6) is 11.5 Å². The SMILES string of the molecule is COc1ccc(C(=O)N(C)C2CNC2)cc1OC. The minimum atomic E-state index is 0.00227. The van der Waals surface area contributed by atoms with Crippen molar-refractivity contribution in [2.45, 2.75) is 6.04 Å². The van der Waals surface area contributed by atoms with Gasteiger partial charge in [-0.25, -0.2) is 0 Å². The van der Waals surface area contributed by atoms with Crippen LogP contribution in [0.4, 0.5) is 0 Å². The van der Waals surface area contributed by atoms with Crippen molar-refractivity contribution >= 4 is 5.91 Å². The summed E-state index contributed by atoms with van der Waals surface area (Å²) in [5.74, 6) is 1.20. The number of likely N-dealkylation sites (N-methyl/N-ethyl adjacent to an activating group) is 1. The van der Waals surface area contributed by atoms with Gasteiger partial charge >= 0.3 is 0 Å². The van der Waals surface area contributed by atoms with Gasteiger partial charge in [0.05, 0.1) is 20.3 Å². The lowest BCUT2D eigenvalue weighted by molar-refractivity contribution is 0.0681. The van der Waals surface area contributed by atoms with E-state index >= 15 is 0 Å². The number of hydrogen-bond donors (Lipinski definition) is 1. The Morgan fingerprint density at radius 3 is 2.44 bits per heavy atom. The molecule has 1 aliphatic rings. The van der Waals surface area contributed by atoms with Crippen LogP contribution in [0.15, 0.2) is 18.2 Å². The van der Waals surface area contributed by atoms with E-state index in [2.05, 4.69) is 5.32 Å². The van der Waals surface area contributed by atoms with Gasteiger partial charge in [-0.1, -0.05) is 0 Å². The predicted molar refractivity (Wildman–Crippen MR) is 68.3 cm³/mol. The average Bonchev–Trinajstić information content (AvgIpc) is 2.34. The molecule has 0 saturated carbocycles. The first kappa shape index (κ1) is 12.7. The molecule has 98 valence electrons. The highest BCUT2D eigenvalue weighted by molar-refractivity contribution is 5.95. The monoisotopic (exact) mass is 250 g/mol. The third kappa shape index (κ3) is 2.26. The Hall–Kier alpha value is -1.75. The molecule has 0 radical (unpaired) electrons. The number of carbonyl (C=O) groups is 1. The second kappa shape index (κ2) is 5.27. The highest BCUT2D eigenvalue weighted by Crippen LogP contribution is 2.28. The largest absolute Gasteiger partial charge is 0.493 e. The number of carbonyl (C=O) groups excluding carboxylic acids is 1. The first-order chi connectivity index (χ1) is 8.67. The first-order valence-corrected chi connectivity index (χ1v) is 5.87. The van der Waals surface area contributed by atoms with Crippen LogP contribution < -0.4 is 14.8 Å². The van der Waals surface area contributed by atoms with Crippen LogP contribution in [-0.2, 0) is 0 Å².